The third kappa shape index (κ3) is 4.15. The predicted molar refractivity (Wildman–Crippen MR) is 114 cm³/mol. The van der Waals surface area contributed by atoms with Crippen molar-refractivity contribution in [3.05, 3.63) is 90.1 Å². The number of nitrogens with zero attached hydrogens (tertiary/aromatic N) is 3. The number of hydrogen-bond acceptors (Lipinski definition) is 5. The van der Waals surface area contributed by atoms with E-state index in [1.54, 1.807) is 13.2 Å². The molecule has 1 aromatic heterocycles. The summed E-state index contributed by atoms with van der Waals surface area (Å²) in [4.78, 5) is 12.9. The van der Waals surface area contributed by atoms with E-state index in [-0.39, 0.29) is 12.2 Å². The van der Waals surface area contributed by atoms with Crippen LogP contribution in [0.3, 0.4) is 0 Å². The Labute approximate surface area is 173 Å². The predicted octanol–water partition coefficient (Wildman–Crippen LogP) is 3.96. The second-order valence-corrected chi connectivity index (χ2v) is 6.67. The van der Waals surface area contributed by atoms with Gasteiger partial charge in [-0.25, -0.2) is 4.68 Å². The Morgan fingerprint density at radius 1 is 1.00 bits per heavy atom. The van der Waals surface area contributed by atoms with E-state index < -0.39 is 11.8 Å². The molecule has 150 valence electrons. The highest BCUT2D eigenvalue weighted by atomic mass is 16.5. The second kappa shape index (κ2) is 8.48. The number of hydrogen-bond donors (Lipinski definition) is 2. The molecule has 4 aromatic rings. The number of aromatic hydroxyl groups is 1. The molecule has 0 aliphatic heterocycles. The average Bonchev–Trinajstić information content (AvgIpc) is 3.15. The topological polar surface area (TPSA) is 89.3 Å². The Morgan fingerprint density at radius 3 is 2.47 bits per heavy atom. The average molecular weight is 400 g/mol. The van der Waals surface area contributed by atoms with Crippen molar-refractivity contribution in [3.63, 3.8) is 0 Å². The summed E-state index contributed by atoms with van der Waals surface area (Å²) in [6, 6.07) is 24.7. The van der Waals surface area contributed by atoms with Crippen molar-refractivity contribution in [2.75, 3.05) is 12.4 Å². The molecule has 0 saturated heterocycles. The molecule has 4 rings (SSSR count). The molecule has 0 atom stereocenters. The Balaban J connectivity index is 1.55. The lowest BCUT2D eigenvalue weighted by Gasteiger charge is -2.10. The largest absolute Gasteiger partial charge is 0.497 e. The Bertz CT molecular complexity index is 1150. The summed E-state index contributed by atoms with van der Waals surface area (Å²) in [7, 11) is 1.60. The Kier molecular flexibility index (Phi) is 5.43. The lowest BCUT2D eigenvalue weighted by atomic mass is 10.1. The minimum Gasteiger partial charge on any atom is -0.497 e. The van der Waals surface area contributed by atoms with Crippen LogP contribution < -0.4 is 10.1 Å². The van der Waals surface area contributed by atoms with Gasteiger partial charge in [-0.1, -0.05) is 64.9 Å². The van der Waals surface area contributed by atoms with Crippen LogP contribution in [0.5, 0.6) is 11.6 Å². The monoisotopic (exact) mass is 400 g/mol. The SMILES string of the molecule is COc1ccc(Cn2nnc(O)c2C(=O)Nc2cccc(-c3ccccc3)c2)cc1. The van der Waals surface area contributed by atoms with Crippen LogP contribution in [-0.2, 0) is 6.54 Å². The van der Waals surface area contributed by atoms with Crippen LogP contribution in [0.25, 0.3) is 11.1 Å². The molecule has 3 aromatic carbocycles. The summed E-state index contributed by atoms with van der Waals surface area (Å²) in [6.45, 7) is 0.282. The molecule has 30 heavy (non-hydrogen) atoms. The summed E-state index contributed by atoms with van der Waals surface area (Å²) in [6.07, 6.45) is 0. The van der Waals surface area contributed by atoms with Crippen molar-refractivity contribution in [2.24, 2.45) is 0 Å². The van der Waals surface area contributed by atoms with Crippen LogP contribution in [0.2, 0.25) is 0 Å². The van der Waals surface area contributed by atoms with Crippen molar-refractivity contribution in [1.82, 2.24) is 15.0 Å². The number of carbonyl (C=O) groups excluding carboxylic acids is 1. The summed E-state index contributed by atoms with van der Waals surface area (Å²) in [5.74, 6) is -0.173. The van der Waals surface area contributed by atoms with Gasteiger partial charge in [0, 0.05) is 5.69 Å². The zero-order valence-corrected chi connectivity index (χ0v) is 16.3. The first-order chi connectivity index (χ1) is 14.6. The molecular formula is C23H20N4O3. The summed E-state index contributed by atoms with van der Waals surface area (Å²) in [5.41, 5.74) is 3.51. The fourth-order valence-corrected chi connectivity index (χ4v) is 3.13. The van der Waals surface area contributed by atoms with Gasteiger partial charge in [-0.3, -0.25) is 4.79 Å². The quantitative estimate of drug-likeness (QED) is 0.511. The number of benzene rings is 3. The fraction of sp³-hybridized carbons (Fsp3) is 0.0870. The third-order valence-electron chi connectivity index (χ3n) is 4.65. The highest BCUT2D eigenvalue weighted by molar-refractivity contribution is 6.04. The van der Waals surface area contributed by atoms with Crippen LogP contribution in [-0.4, -0.2) is 33.1 Å². The van der Waals surface area contributed by atoms with Crippen LogP contribution >= 0.6 is 0 Å². The molecule has 0 aliphatic rings. The van der Waals surface area contributed by atoms with E-state index in [4.69, 9.17) is 4.74 Å². The number of amides is 1. The van der Waals surface area contributed by atoms with Crippen molar-refractivity contribution >= 4 is 11.6 Å². The Morgan fingerprint density at radius 2 is 1.73 bits per heavy atom. The molecule has 0 spiro atoms. The first kappa shape index (κ1) is 19.2. The normalized spacial score (nSPS) is 10.6. The van der Waals surface area contributed by atoms with Crippen molar-refractivity contribution in [2.45, 2.75) is 6.54 Å². The summed E-state index contributed by atoms with van der Waals surface area (Å²) >= 11 is 0. The maximum atomic E-state index is 12.9. The zero-order chi connectivity index (χ0) is 20.9. The highest BCUT2D eigenvalue weighted by Gasteiger charge is 2.20. The molecule has 2 N–H and O–H groups in total. The molecule has 0 saturated carbocycles. The van der Waals surface area contributed by atoms with E-state index >= 15 is 0 Å². The molecule has 0 aliphatic carbocycles. The first-order valence-corrected chi connectivity index (χ1v) is 9.36. The van der Waals surface area contributed by atoms with Gasteiger partial charge >= 0.3 is 0 Å². The molecule has 0 radical (unpaired) electrons. The maximum absolute atomic E-state index is 12.9. The smallest absolute Gasteiger partial charge is 0.279 e. The molecule has 0 fully saturated rings. The number of aromatic nitrogens is 3. The van der Waals surface area contributed by atoms with Crippen LogP contribution in [0.1, 0.15) is 16.1 Å². The molecule has 1 heterocycles. The van der Waals surface area contributed by atoms with Crippen molar-refractivity contribution in [1.29, 1.82) is 0 Å². The van der Waals surface area contributed by atoms with Gasteiger partial charge in [0.05, 0.1) is 13.7 Å². The molecule has 0 unspecified atom stereocenters. The van der Waals surface area contributed by atoms with Crippen LogP contribution in [0, 0.1) is 0 Å². The van der Waals surface area contributed by atoms with Gasteiger partial charge < -0.3 is 15.2 Å². The minimum absolute atomic E-state index is 0.00377. The van der Waals surface area contributed by atoms with Crippen molar-refractivity contribution < 1.29 is 14.6 Å². The number of anilines is 1. The van der Waals surface area contributed by atoms with Gasteiger partial charge in [0.25, 0.3) is 11.8 Å². The molecular weight excluding hydrogens is 380 g/mol. The van der Waals surface area contributed by atoms with E-state index in [0.29, 0.717) is 5.69 Å². The highest BCUT2D eigenvalue weighted by Crippen LogP contribution is 2.24. The zero-order valence-electron chi connectivity index (χ0n) is 16.3. The second-order valence-electron chi connectivity index (χ2n) is 6.67. The van der Waals surface area contributed by atoms with E-state index in [1.165, 1.54) is 4.68 Å². The summed E-state index contributed by atoms with van der Waals surface area (Å²) in [5, 5.41) is 20.5. The van der Waals surface area contributed by atoms with E-state index in [9.17, 15) is 9.90 Å². The number of methoxy groups -OCH3 is 1. The van der Waals surface area contributed by atoms with E-state index in [2.05, 4.69) is 15.6 Å². The molecule has 0 bridgehead atoms. The minimum atomic E-state index is -0.490. The van der Waals surface area contributed by atoms with Gasteiger partial charge in [0.1, 0.15) is 5.75 Å². The number of carbonyl (C=O) groups is 1. The number of nitrogens with one attached hydrogen (secondary N) is 1. The number of ether oxygens (including phenoxy) is 1. The molecule has 7 nitrogen and oxygen atoms in total. The standard InChI is InChI=1S/C23H20N4O3/c1-30-20-12-10-16(11-13-20)15-27-21(23(29)25-26-27)22(28)24-19-9-5-8-18(14-19)17-6-3-2-4-7-17/h2-14,29H,15H2,1H3,(H,24,28). The van der Waals surface area contributed by atoms with Gasteiger partial charge in [0.15, 0.2) is 5.69 Å². The van der Waals surface area contributed by atoms with Gasteiger partial charge in [-0.15, -0.1) is 0 Å². The number of rotatable bonds is 6. The van der Waals surface area contributed by atoms with Gasteiger partial charge in [-0.2, -0.15) is 0 Å². The Hall–Kier alpha value is -4.13. The molecule has 1 amide bonds. The third-order valence-corrected chi connectivity index (χ3v) is 4.65. The summed E-state index contributed by atoms with van der Waals surface area (Å²) < 4.78 is 6.52. The van der Waals surface area contributed by atoms with Crippen LogP contribution in [0.4, 0.5) is 5.69 Å². The lowest BCUT2D eigenvalue weighted by molar-refractivity contribution is 0.101. The van der Waals surface area contributed by atoms with E-state index in [1.807, 2.05) is 72.8 Å². The van der Waals surface area contributed by atoms with Gasteiger partial charge in [0.2, 0.25) is 0 Å². The van der Waals surface area contributed by atoms with Crippen molar-refractivity contribution in [3.8, 4) is 22.8 Å². The van der Waals surface area contributed by atoms with E-state index in [0.717, 1.165) is 22.4 Å². The van der Waals surface area contributed by atoms with Crippen LogP contribution in [0.15, 0.2) is 78.9 Å². The fourth-order valence-electron chi connectivity index (χ4n) is 3.13. The molecule has 7 heteroatoms. The lowest BCUT2D eigenvalue weighted by Crippen LogP contribution is -2.18. The van der Waals surface area contributed by atoms with Gasteiger partial charge in [-0.05, 0) is 41.0 Å². The maximum Gasteiger partial charge on any atom is 0.279 e. The first-order valence-electron chi connectivity index (χ1n) is 9.36.